The minimum atomic E-state index is -0.0000720. The van der Waals surface area contributed by atoms with Gasteiger partial charge < -0.3 is 5.32 Å². The van der Waals surface area contributed by atoms with Gasteiger partial charge in [-0.15, -0.1) is 0 Å². The molecular weight excluding hydrogens is 290 g/mol. The summed E-state index contributed by atoms with van der Waals surface area (Å²) in [4.78, 5) is 16.8. The zero-order chi connectivity index (χ0) is 16.4. The highest BCUT2D eigenvalue weighted by atomic mass is 16.1. The molecule has 0 spiro atoms. The van der Waals surface area contributed by atoms with E-state index in [4.69, 9.17) is 0 Å². The van der Waals surface area contributed by atoms with Crippen LogP contribution < -0.4 is 10.9 Å². The number of hydrogen-bond acceptors (Lipinski definition) is 4. The Morgan fingerprint density at radius 3 is 2.83 bits per heavy atom. The number of aromatic nitrogens is 4. The number of aryl methyl sites for hydroxylation is 2. The van der Waals surface area contributed by atoms with E-state index in [-0.39, 0.29) is 11.6 Å². The smallest absolute Gasteiger partial charge is 0.261 e. The van der Waals surface area contributed by atoms with Gasteiger partial charge >= 0.3 is 0 Å². The molecule has 6 nitrogen and oxygen atoms in total. The number of para-hydroxylation sites is 1. The topological polar surface area (TPSA) is 75.6 Å². The molecule has 0 fully saturated rings. The van der Waals surface area contributed by atoms with Crippen molar-refractivity contribution >= 4 is 10.9 Å². The molecule has 0 saturated heterocycles. The van der Waals surface area contributed by atoms with E-state index in [9.17, 15) is 4.79 Å². The molecule has 1 aromatic carbocycles. The molecule has 0 aliphatic carbocycles. The maximum Gasteiger partial charge on any atom is 0.261 e. The molecule has 2 heterocycles. The Morgan fingerprint density at radius 2 is 2.09 bits per heavy atom. The first-order valence-corrected chi connectivity index (χ1v) is 7.74. The SMILES string of the molecule is Cc1n[nH]c(C)c1CNC(C)Cn1cnc2ccccc2c1=O. The normalized spacial score (nSPS) is 12.7. The molecule has 0 aliphatic heterocycles. The van der Waals surface area contributed by atoms with Crippen LogP contribution in [-0.4, -0.2) is 25.8 Å². The van der Waals surface area contributed by atoms with Gasteiger partial charge in [-0.2, -0.15) is 5.10 Å². The summed E-state index contributed by atoms with van der Waals surface area (Å²) in [7, 11) is 0. The molecule has 0 amide bonds. The van der Waals surface area contributed by atoms with E-state index >= 15 is 0 Å². The van der Waals surface area contributed by atoms with Crippen molar-refractivity contribution in [3.8, 4) is 0 Å². The Hall–Kier alpha value is -2.47. The van der Waals surface area contributed by atoms with Crippen molar-refractivity contribution in [2.75, 3.05) is 0 Å². The second-order valence-corrected chi connectivity index (χ2v) is 5.91. The number of H-pyrrole nitrogens is 1. The lowest BCUT2D eigenvalue weighted by Gasteiger charge is -2.15. The van der Waals surface area contributed by atoms with Gasteiger partial charge in [0.2, 0.25) is 0 Å². The van der Waals surface area contributed by atoms with E-state index < -0.39 is 0 Å². The average Bonchev–Trinajstić information content (AvgIpc) is 2.87. The van der Waals surface area contributed by atoms with Crippen LogP contribution >= 0.6 is 0 Å². The third-order valence-electron chi connectivity index (χ3n) is 4.11. The van der Waals surface area contributed by atoms with E-state index in [0.717, 1.165) is 23.4 Å². The van der Waals surface area contributed by atoms with Gasteiger partial charge in [-0.1, -0.05) is 12.1 Å². The summed E-state index contributed by atoms with van der Waals surface area (Å²) in [5.74, 6) is 0. The minimum absolute atomic E-state index is 0.0000720. The first-order chi connectivity index (χ1) is 11.1. The lowest BCUT2D eigenvalue weighted by atomic mass is 10.2. The van der Waals surface area contributed by atoms with Crippen LogP contribution in [0.3, 0.4) is 0 Å². The van der Waals surface area contributed by atoms with Crippen molar-refractivity contribution in [1.29, 1.82) is 0 Å². The highest BCUT2D eigenvalue weighted by Gasteiger charge is 2.10. The molecule has 0 saturated carbocycles. The first kappa shape index (κ1) is 15.4. The van der Waals surface area contributed by atoms with Crippen LogP contribution in [-0.2, 0) is 13.1 Å². The van der Waals surface area contributed by atoms with Crippen LogP contribution in [0.5, 0.6) is 0 Å². The van der Waals surface area contributed by atoms with Gasteiger partial charge in [0, 0.05) is 30.4 Å². The number of nitrogens with zero attached hydrogens (tertiary/aromatic N) is 3. The lowest BCUT2D eigenvalue weighted by molar-refractivity contribution is 0.466. The third-order valence-corrected chi connectivity index (χ3v) is 4.11. The van der Waals surface area contributed by atoms with Crippen molar-refractivity contribution in [2.24, 2.45) is 0 Å². The predicted molar refractivity (Wildman–Crippen MR) is 90.4 cm³/mol. The van der Waals surface area contributed by atoms with Crippen molar-refractivity contribution < 1.29 is 0 Å². The summed E-state index contributed by atoms with van der Waals surface area (Å²) < 4.78 is 1.66. The molecule has 120 valence electrons. The first-order valence-electron chi connectivity index (χ1n) is 7.74. The summed E-state index contributed by atoms with van der Waals surface area (Å²) in [6.07, 6.45) is 1.62. The van der Waals surface area contributed by atoms with Crippen LogP contribution in [0.15, 0.2) is 35.4 Å². The molecule has 3 aromatic rings. The standard InChI is InChI=1S/C17H21N5O/c1-11(18-8-15-12(2)20-21-13(15)3)9-22-10-19-16-7-5-4-6-14(16)17(22)23/h4-7,10-11,18H,8-9H2,1-3H3,(H,20,21). The fourth-order valence-corrected chi connectivity index (χ4v) is 2.71. The second-order valence-electron chi connectivity index (χ2n) is 5.91. The van der Waals surface area contributed by atoms with E-state index in [1.54, 1.807) is 10.9 Å². The molecule has 0 radical (unpaired) electrons. The van der Waals surface area contributed by atoms with Crippen molar-refractivity contribution in [3.63, 3.8) is 0 Å². The quantitative estimate of drug-likeness (QED) is 0.755. The fourth-order valence-electron chi connectivity index (χ4n) is 2.71. The maximum atomic E-state index is 12.5. The van der Waals surface area contributed by atoms with Gasteiger partial charge in [-0.05, 0) is 32.9 Å². The largest absolute Gasteiger partial charge is 0.308 e. The van der Waals surface area contributed by atoms with Crippen LogP contribution in [0.4, 0.5) is 0 Å². The van der Waals surface area contributed by atoms with Gasteiger partial charge in [0.25, 0.3) is 5.56 Å². The summed E-state index contributed by atoms with van der Waals surface area (Å²) >= 11 is 0. The molecule has 1 unspecified atom stereocenters. The zero-order valence-corrected chi connectivity index (χ0v) is 13.6. The van der Waals surface area contributed by atoms with E-state index in [2.05, 4.69) is 27.4 Å². The molecular formula is C17H21N5O. The molecule has 3 rings (SSSR count). The molecule has 23 heavy (non-hydrogen) atoms. The Morgan fingerprint density at radius 1 is 1.30 bits per heavy atom. The average molecular weight is 311 g/mol. The molecule has 1 atom stereocenters. The number of rotatable bonds is 5. The van der Waals surface area contributed by atoms with Crippen LogP contribution in [0.1, 0.15) is 23.9 Å². The Labute approximate surface area is 134 Å². The van der Waals surface area contributed by atoms with Gasteiger partial charge in [-0.25, -0.2) is 4.98 Å². The molecule has 0 aliphatic rings. The van der Waals surface area contributed by atoms with Gasteiger partial charge in [0.15, 0.2) is 0 Å². The van der Waals surface area contributed by atoms with E-state index in [1.807, 2.05) is 38.1 Å². The van der Waals surface area contributed by atoms with Crippen LogP contribution in [0.2, 0.25) is 0 Å². The summed E-state index contributed by atoms with van der Waals surface area (Å²) in [5, 5.41) is 11.3. The maximum absolute atomic E-state index is 12.5. The number of hydrogen-bond donors (Lipinski definition) is 2. The minimum Gasteiger partial charge on any atom is -0.308 e. The molecule has 2 N–H and O–H groups in total. The van der Waals surface area contributed by atoms with E-state index in [0.29, 0.717) is 11.9 Å². The molecule has 6 heteroatoms. The summed E-state index contributed by atoms with van der Waals surface area (Å²) in [6.45, 7) is 7.37. The Bertz CT molecular complexity index is 861. The predicted octanol–water partition coefficient (Wildman–Crippen LogP) is 1.91. The Balaban J connectivity index is 1.72. The lowest BCUT2D eigenvalue weighted by Crippen LogP contribution is -2.34. The second kappa shape index (κ2) is 6.34. The number of aromatic amines is 1. The molecule has 0 bridgehead atoms. The van der Waals surface area contributed by atoms with Crippen molar-refractivity contribution in [1.82, 2.24) is 25.1 Å². The summed E-state index contributed by atoms with van der Waals surface area (Å²) in [5.41, 5.74) is 4.00. The monoisotopic (exact) mass is 311 g/mol. The number of fused-ring (bicyclic) bond motifs is 1. The zero-order valence-electron chi connectivity index (χ0n) is 13.6. The van der Waals surface area contributed by atoms with Gasteiger partial charge in [0.05, 0.1) is 22.9 Å². The molecule has 2 aromatic heterocycles. The van der Waals surface area contributed by atoms with Gasteiger partial charge in [-0.3, -0.25) is 14.5 Å². The highest BCUT2D eigenvalue weighted by Crippen LogP contribution is 2.09. The Kier molecular flexibility index (Phi) is 4.25. The van der Waals surface area contributed by atoms with Gasteiger partial charge in [0.1, 0.15) is 0 Å². The third kappa shape index (κ3) is 3.17. The van der Waals surface area contributed by atoms with Crippen LogP contribution in [0.25, 0.3) is 10.9 Å². The number of nitrogens with one attached hydrogen (secondary N) is 2. The fraction of sp³-hybridized carbons (Fsp3) is 0.353. The van der Waals surface area contributed by atoms with Crippen molar-refractivity contribution in [3.05, 3.63) is 57.9 Å². The van der Waals surface area contributed by atoms with Crippen LogP contribution in [0, 0.1) is 13.8 Å². The van der Waals surface area contributed by atoms with Crippen molar-refractivity contribution in [2.45, 2.75) is 39.9 Å². The number of benzene rings is 1. The highest BCUT2D eigenvalue weighted by molar-refractivity contribution is 5.76. The van der Waals surface area contributed by atoms with E-state index in [1.165, 1.54) is 5.56 Å². The summed E-state index contributed by atoms with van der Waals surface area (Å²) in [6, 6.07) is 7.56.